The van der Waals surface area contributed by atoms with Crippen LogP contribution in [-0.4, -0.2) is 14.8 Å². The molecule has 0 aliphatic rings. The van der Waals surface area contributed by atoms with Crippen molar-refractivity contribution >= 4 is 27.1 Å². The molecule has 3 heterocycles. The molecule has 9 heteroatoms. The molecule has 5 nitrogen and oxygen atoms in total. The zero-order chi connectivity index (χ0) is 20.8. The Morgan fingerprint density at radius 2 is 1.93 bits per heavy atom. The highest BCUT2D eigenvalue weighted by Gasteiger charge is 2.38. The lowest BCUT2D eigenvalue weighted by atomic mass is 9.93. The molecule has 1 aromatic carbocycles. The van der Waals surface area contributed by atoms with Gasteiger partial charge in [-0.25, -0.2) is 0 Å². The second-order valence-corrected chi connectivity index (χ2v) is 7.45. The largest absolute Gasteiger partial charge is 0.435 e. The average Bonchev–Trinajstić information content (AvgIpc) is 3.31. The molecule has 4 rings (SSSR count). The second-order valence-electron chi connectivity index (χ2n) is 6.37. The van der Waals surface area contributed by atoms with Gasteiger partial charge in [-0.1, -0.05) is 6.07 Å². The Bertz CT molecular complexity index is 1260. The van der Waals surface area contributed by atoms with Crippen molar-refractivity contribution in [1.82, 2.24) is 14.8 Å². The zero-order valence-electron chi connectivity index (χ0n) is 15.2. The van der Waals surface area contributed by atoms with E-state index in [1.165, 1.54) is 28.3 Å². The third kappa shape index (κ3) is 3.32. The summed E-state index contributed by atoms with van der Waals surface area (Å²) in [4.78, 5) is 4.71. The highest BCUT2D eigenvalue weighted by molar-refractivity contribution is 7.19. The van der Waals surface area contributed by atoms with E-state index < -0.39 is 11.9 Å². The first-order valence-electron chi connectivity index (χ1n) is 8.64. The summed E-state index contributed by atoms with van der Waals surface area (Å²) < 4.78 is 43.0. The first kappa shape index (κ1) is 19.0. The molecule has 0 saturated carbocycles. The molecule has 0 spiro atoms. The molecule has 0 saturated heterocycles. The Morgan fingerprint density at radius 1 is 1.14 bits per heavy atom. The van der Waals surface area contributed by atoms with Crippen LogP contribution in [0.25, 0.3) is 32.3 Å². The lowest BCUT2D eigenvalue weighted by molar-refractivity contribution is -0.141. The number of nitrogens with two attached hydrogens (primary N) is 1. The minimum Gasteiger partial charge on any atom is -0.399 e. The minimum absolute atomic E-state index is 0.0469. The molecule has 3 aromatic heterocycles. The number of benzene rings is 1. The molecule has 0 radical (unpaired) electrons. The Morgan fingerprint density at radius 3 is 2.62 bits per heavy atom. The molecule has 4 aromatic rings. The van der Waals surface area contributed by atoms with E-state index in [1.807, 2.05) is 0 Å². The number of aryl methyl sites for hydroxylation is 1. The quantitative estimate of drug-likeness (QED) is 0.461. The maximum Gasteiger partial charge on any atom is 0.435 e. The van der Waals surface area contributed by atoms with E-state index in [1.54, 1.807) is 37.5 Å². The lowest BCUT2D eigenvalue weighted by Gasteiger charge is -2.13. The van der Waals surface area contributed by atoms with Gasteiger partial charge in [0.15, 0.2) is 5.69 Å². The number of hydrogen-bond donors (Lipinski definition) is 1. The molecule has 0 aliphatic heterocycles. The van der Waals surface area contributed by atoms with Gasteiger partial charge in [0.25, 0.3) is 0 Å². The van der Waals surface area contributed by atoms with E-state index in [0.29, 0.717) is 33.8 Å². The van der Waals surface area contributed by atoms with Crippen LogP contribution < -0.4 is 5.73 Å². The summed E-state index contributed by atoms with van der Waals surface area (Å²) in [5.74, 6) is 0. The normalized spacial score (nSPS) is 11.7. The minimum atomic E-state index is -4.61. The van der Waals surface area contributed by atoms with Crippen LogP contribution in [-0.2, 0) is 12.7 Å². The lowest BCUT2D eigenvalue weighted by Crippen LogP contribution is -2.09. The monoisotopic (exact) mass is 413 g/mol. The zero-order valence-corrected chi connectivity index (χ0v) is 16.0. The number of rotatable bonds is 3. The van der Waals surface area contributed by atoms with Crippen LogP contribution in [0.15, 0.2) is 42.9 Å². The number of hydrogen-bond acceptors (Lipinski definition) is 5. The maximum absolute atomic E-state index is 13.7. The predicted octanol–water partition coefficient (Wildman–Crippen LogP) is 5.32. The predicted molar refractivity (Wildman–Crippen MR) is 106 cm³/mol. The first-order valence-corrected chi connectivity index (χ1v) is 9.46. The Kier molecular flexibility index (Phi) is 4.51. The molecule has 0 amide bonds. The van der Waals surface area contributed by atoms with Crippen LogP contribution >= 0.6 is 11.3 Å². The number of anilines is 1. The van der Waals surface area contributed by atoms with Crippen molar-refractivity contribution < 1.29 is 13.2 Å². The van der Waals surface area contributed by atoms with Gasteiger partial charge in [-0.2, -0.15) is 23.5 Å². The summed E-state index contributed by atoms with van der Waals surface area (Å²) in [7, 11) is 0. The summed E-state index contributed by atoms with van der Waals surface area (Å²) >= 11 is 1.28. The van der Waals surface area contributed by atoms with Gasteiger partial charge in [0.2, 0.25) is 0 Å². The molecular weight excluding hydrogens is 399 g/mol. The van der Waals surface area contributed by atoms with E-state index in [9.17, 15) is 18.4 Å². The van der Waals surface area contributed by atoms with E-state index in [2.05, 4.69) is 16.2 Å². The number of pyridine rings is 1. The van der Waals surface area contributed by atoms with Gasteiger partial charge in [-0.3, -0.25) is 9.67 Å². The van der Waals surface area contributed by atoms with Gasteiger partial charge in [-0.15, -0.1) is 11.3 Å². The van der Waals surface area contributed by atoms with Gasteiger partial charge < -0.3 is 5.73 Å². The molecular formula is C20H14F3N5S. The summed E-state index contributed by atoms with van der Waals surface area (Å²) in [6.07, 6.45) is -0.0124. The van der Waals surface area contributed by atoms with Crippen LogP contribution in [0.5, 0.6) is 0 Å². The molecule has 0 bridgehead atoms. The fourth-order valence-corrected chi connectivity index (χ4v) is 4.09. The fourth-order valence-electron chi connectivity index (χ4n) is 3.24. The van der Waals surface area contributed by atoms with Gasteiger partial charge in [-0.05, 0) is 36.2 Å². The van der Waals surface area contributed by atoms with E-state index >= 15 is 0 Å². The first-order chi connectivity index (χ1) is 13.8. The van der Waals surface area contributed by atoms with Gasteiger partial charge in [0.05, 0.1) is 4.70 Å². The number of nitriles is 1. The van der Waals surface area contributed by atoms with E-state index in [0.717, 1.165) is 10.1 Å². The average molecular weight is 413 g/mol. The molecule has 0 aliphatic carbocycles. The smallest absolute Gasteiger partial charge is 0.399 e. The SMILES string of the molecule is CCn1cc(-c2cc(N)ccc2-c2cncc3sc(C#N)cc23)c(C(F)(F)F)n1. The highest BCUT2D eigenvalue weighted by atomic mass is 32.1. The molecule has 0 fully saturated rings. The van der Waals surface area contributed by atoms with Gasteiger partial charge >= 0.3 is 6.18 Å². The van der Waals surface area contributed by atoms with Crippen molar-refractivity contribution in [2.24, 2.45) is 0 Å². The summed E-state index contributed by atoms with van der Waals surface area (Å²) in [6.45, 7) is 2.02. The van der Waals surface area contributed by atoms with Crippen molar-refractivity contribution in [3.8, 4) is 28.3 Å². The van der Waals surface area contributed by atoms with Crippen LogP contribution in [0.3, 0.4) is 0 Å². The number of thiophene rings is 1. The number of aromatic nitrogens is 3. The highest BCUT2D eigenvalue weighted by Crippen LogP contribution is 2.43. The number of fused-ring (bicyclic) bond motifs is 1. The Labute approximate surface area is 167 Å². The maximum atomic E-state index is 13.7. The molecule has 0 unspecified atom stereocenters. The fraction of sp³-hybridized carbons (Fsp3) is 0.150. The molecule has 2 N–H and O–H groups in total. The third-order valence-corrected chi connectivity index (χ3v) is 5.51. The number of halogens is 3. The van der Waals surface area contributed by atoms with Crippen LogP contribution in [0.4, 0.5) is 18.9 Å². The Hall–Kier alpha value is -3.38. The van der Waals surface area contributed by atoms with Crippen molar-refractivity contribution in [3.63, 3.8) is 0 Å². The van der Waals surface area contributed by atoms with Crippen molar-refractivity contribution in [2.75, 3.05) is 5.73 Å². The second kappa shape index (κ2) is 6.90. The topological polar surface area (TPSA) is 80.5 Å². The standard InChI is InChI=1S/C20H14F3N5S/c1-2-28-10-17(19(27-28)20(21,22)23)14-5-11(25)3-4-13(14)16-8-26-9-18-15(16)6-12(7-24)29-18/h3-6,8-10H,2,25H2,1H3. The summed E-state index contributed by atoms with van der Waals surface area (Å²) in [5, 5.41) is 13.7. The summed E-state index contributed by atoms with van der Waals surface area (Å²) in [6, 6.07) is 8.64. The van der Waals surface area contributed by atoms with E-state index in [-0.39, 0.29) is 5.56 Å². The molecule has 146 valence electrons. The summed E-state index contributed by atoms with van der Waals surface area (Å²) in [5.41, 5.74) is 6.73. The van der Waals surface area contributed by atoms with Crippen LogP contribution in [0, 0.1) is 11.3 Å². The third-order valence-electron chi connectivity index (χ3n) is 4.53. The number of alkyl halides is 3. The van der Waals surface area contributed by atoms with Crippen molar-refractivity contribution in [3.05, 3.63) is 53.4 Å². The number of nitrogen functional groups attached to an aromatic ring is 1. The molecule has 29 heavy (non-hydrogen) atoms. The van der Waals surface area contributed by atoms with Crippen molar-refractivity contribution in [2.45, 2.75) is 19.6 Å². The number of nitrogens with zero attached hydrogens (tertiary/aromatic N) is 4. The Balaban J connectivity index is 2.03. The van der Waals surface area contributed by atoms with Gasteiger partial charge in [0.1, 0.15) is 10.9 Å². The van der Waals surface area contributed by atoms with Crippen molar-refractivity contribution in [1.29, 1.82) is 5.26 Å². The van der Waals surface area contributed by atoms with Crippen LogP contribution in [0.1, 0.15) is 17.5 Å². The van der Waals surface area contributed by atoms with Crippen LogP contribution in [0.2, 0.25) is 0 Å². The van der Waals surface area contributed by atoms with E-state index in [4.69, 9.17) is 5.73 Å². The molecule has 0 atom stereocenters. The van der Waals surface area contributed by atoms with Gasteiger partial charge in [0, 0.05) is 47.3 Å².